The van der Waals surface area contributed by atoms with Crippen molar-refractivity contribution >= 4 is 0 Å². The lowest BCUT2D eigenvalue weighted by Crippen LogP contribution is -2.41. The van der Waals surface area contributed by atoms with Gasteiger partial charge in [-0.15, -0.1) is 0 Å². The molecule has 1 unspecified atom stereocenters. The number of ether oxygens (including phenoxy) is 1. The molecule has 0 saturated carbocycles. The lowest BCUT2D eigenvalue weighted by molar-refractivity contribution is 0.0139. The van der Waals surface area contributed by atoms with E-state index in [1.54, 1.807) is 13.0 Å². The van der Waals surface area contributed by atoms with Gasteiger partial charge in [-0.3, -0.25) is 0 Å². The van der Waals surface area contributed by atoms with Crippen molar-refractivity contribution in [3.8, 4) is 11.5 Å². The summed E-state index contributed by atoms with van der Waals surface area (Å²) < 4.78 is 5.04. The first-order valence-corrected chi connectivity index (χ1v) is 6.16. The van der Waals surface area contributed by atoms with Gasteiger partial charge in [-0.25, -0.2) is 0 Å². The Morgan fingerprint density at radius 1 is 1.39 bits per heavy atom. The topological polar surface area (TPSA) is 61.7 Å². The largest absolute Gasteiger partial charge is 0.504 e. The maximum absolute atomic E-state index is 10.1. The molecule has 1 aromatic carbocycles. The van der Waals surface area contributed by atoms with E-state index in [9.17, 15) is 10.2 Å². The summed E-state index contributed by atoms with van der Waals surface area (Å²) in [4.78, 5) is 0. The summed E-state index contributed by atoms with van der Waals surface area (Å²) in [5.41, 5.74) is 0.00278. The first-order chi connectivity index (χ1) is 8.38. The molecule has 0 aliphatic rings. The van der Waals surface area contributed by atoms with Crippen molar-refractivity contribution in [1.29, 1.82) is 0 Å². The number of hydrogen-bond acceptors (Lipinski definition) is 4. The van der Waals surface area contributed by atoms with E-state index in [0.29, 0.717) is 18.8 Å². The number of nitrogens with one attached hydrogen (secondary N) is 1. The molecule has 102 valence electrons. The fraction of sp³-hybridized carbons (Fsp3) is 0.571. The lowest BCUT2D eigenvalue weighted by Gasteiger charge is -2.28. The van der Waals surface area contributed by atoms with Crippen LogP contribution >= 0.6 is 0 Å². The first kappa shape index (κ1) is 14.8. The second-order valence-corrected chi connectivity index (χ2v) is 5.08. The number of phenols is 1. The number of hydrogen-bond donors (Lipinski definition) is 3. The number of phenolic OH excluding ortho intramolecular Hbond substituents is 1. The Morgan fingerprint density at radius 2 is 2.06 bits per heavy atom. The second-order valence-electron chi connectivity index (χ2n) is 5.08. The summed E-state index contributed by atoms with van der Waals surface area (Å²) in [5.74, 6) is 0.783. The van der Waals surface area contributed by atoms with Crippen LogP contribution in [0, 0.1) is 5.92 Å². The fourth-order valence-electron chi connectivity index (χ4n) is 1.53. The van der Waals surface area contributed by atoms with Gasteiger partial charge in [-0.05, 0) is 18.9 Å². The highest BCUT2D eigenvalue weighted by Crippen LogP contribution is 2.29. The lowest BCUT2D eigenvalue weighted by atomic mass is 9.92. The van der Waals surface area contributed by atoms with Crippen molar-refractivity contribution in [2.45, 2.75) is 32.9 Å². The Kier molecular flexibility index (Phi) is 4.99. The predicted octanol–water partition coefficient (Wildman–Crippen LogP) is 1.90. The molecule has 0 bridgehead atoms. The maximum Gasteiger partial charge on any atom is 0.162 e. The van der Waals surface area contributed by atoms with E-state index < -0.39 is 5.60 Å². The molecule has 0 spiro atoms. The number of rotatable bonds is 6. The molecule has 4 heteroatoms. The molecule has 0 aliphatic carbocycles. The van der Waals surface area contributed by atoms with Crippen LogP contribution in [0.25, 0.3) is 0 Å². The zero-order valence-electron chi connectivity index (χ0n) is 11.5. The molecule has 4 nitrogen and oxygen atoms in total. The van der Waals surface area contributed by atoms with Crippen molar-refractivity contribution in [2.75, 3.05) is 13.7 Å². The van der Waals surface area contributed by atoms with Crippen molar-refractivity contribution in [3.63, 3.8) is 0 Å². The van der Waals surface area contributed by atoms with Gasteiger partial charge in [0.15, 0.2) is 11.5 Å². The zero-order chi connectivity index (χ0) is 13.8. The Balaban J connectivity index is 2.60. The van der Waals surface area contributed by atoms with E-state index in [-0.39, 0.29) is 11.7 Å². The Labute approximate surface area is 109 Å². The summed E-state index contributed by atoms with van der Waals surface area (Å²) in [6.45, 7) is 6.72. The summed E-state index contributed by atoms with van der Waals surface area (Å²) in [6.07, 6.45) is 0. The van der Waals surface area contributed by atoms with Crippen LogP contribution in [0.4, 0.5) is 0 Å². The van der Waals surface area contributed by atoms with Gasteiger partial charge in [-0.1, -0.05) is 26.0 Å². The molecule has 0 radical (unpaired) electrons. The molecule has 1 aromatic rings. The third kappa shape index (κ3) is 3.62. The number of para-hydroxylation sites is 1. The molecule has 0 heterocycles. The predicted molar refractivity (Wildman–Crippen MR) is 71.8 cm³/mol. The summed E-state index contributed by atoms with van der Waals surface area (Å²) in [7, 11) is 1.52. The van der Waals surface area contributed by atoms with Crippen molar-refractivity contribution in [2.24, 2.45) is 5.92 Å². The minimum absolute atomic E-state index is 0.150. The first-order valence-electron chi connectivity index (χ1n) is 6.16. The molecule has 18 heavy (non-hydrogen) atoms. The molecule has 0 aromatic heterocycles. The van der Waals surface area contributed by atoms with E-state index in [0.717, 1.165) is 5.56 Å². The third-order valence-corrected chi connectivity index (χ3v) is 3.34. The molecule has 1 atom stereocenters. The standard InChI is InChI=1S/C14H23NO3/c1-10(2)14(3,17)9-15-8-11-6-5-7-12(18-4)13(11)16/h5-7,10,15-17H,8-9H2,1-4H3. The quantitative estimate of drug-likeness (QED) is 0.724. The summed E-state index contributed by atoms with van der Waals surface area (Å²) in [6, 6.07) is 5.37. The minimum atomic E-state index is -0.755. The van der Waals surface area contributed by atoms with Crippen LogP contribution in [-0.2, 0) is 6.54 Å². The van der Waals surface area contributed by atoms with Gasteiger partial charge in [0, 0.05) is 18.7 Å². The van der Waals surface area contributed by atoms with Crippen LogP contribution in [0.15, 0.2) is 18.2 Å². The average molecular weight is 253 g/mol. The highest BCUT2D eigenvalue weighted by molar-refractivity contribution is 5.45. The number of aliphatic hydroxyl groups is 1. The highest BCUT2D eigenvalue weighted by Gasteiger charge is 2.24. The van der Waals surface area contributed by atoms with Crippen LogP contribution in [0.3, 0.4) is 0 Å². The zero-order valence-corrected chi connectivity index (χ0v) is 11.5. The third-order valence-electron chi connectivity index (χ3n) is 3.34. The molecule has 0 saturated heterocycles. The van der Waals surface area contributed by atoms with Crippen LogP contribution in [0.2, 0.25) is 0 Å². The molecule has 0 amide bonds. The second kappa shape index (κ2) is 6.07. The summed E-state index contributed by atoms with van der Waals surface area (Å²) in [5, 5.41) is 23.1. The molecular weight excluding hydrogens is 230 g/mol. The van der Waals surface area contributed by atoms with E-state index >= 15 is 0 Å². The number of benzene rings is 1. The normalized spacial score (nSPS) is 14.6. The minimum Gasteiger partial charge on any atom is -0.504 e. The monoisotopic (exact) mass is 253 g/mol. The SMILES string of the molecule is COc1cccc(CNCC(C)(O)C(C)C)c1O. The Morgan fingerprint density at radius 3 is 2.61 bits per heavy atom. The molecular formula is C14H23NO3. The van der Waals surface area contributed by atoms with Crippen LogP contribution < -0.4 is 10.1 Å². The molecule has 0 fully saturated rings. The van der Waals surface area contributed by atoms with Gasteiger partial charge in [0.25, 0.3) is 0 Å². The van der Waals surface area contributed by atoms with Crippen LogP contribution in [-0.4, -0.2) is 29.5 Å². The van der Waals surface area contributed by atoms with Gasteiger partial charge in [0.2, 0.25) is 0 Å². The van der Waals surface area contributed by atoms with Gasteiger partial charge in [0.05, 0.1) is 12.7 Å². The molecule has 3 N–H and O–H groups in total. The van der Waals surface area contributed by atoms with Gasteiger partial charge >= 0.3 is 0 Å². The van der Waals surface area contributed by atoms with E-state index in [1.165, 1.54) is 7.11 Å². The Hall–Kier alpha value is -1.26. The van der Waals surface area contributed by atoms with E-state index in [2.05, 4.69) is 5.32 Å². The van der Waals surface area contributed by atoms with Gasteiger partial charge in [-0.2, -0.15) is 0 Å². The van der Waals surface area contributed by atoms with E-state index in [4.69, 9.17) is 4.74 Å². The Bertz CT molecular complexity index is 389. The number of aromatic hydroxyl groups is 1. The van der Waals surface area contributed by atoms with Gasteiger partial charge in [0.1, 0.15) is 0 Å². The van der Waals surface area contributed by atoms with E-state index in [1.807, 2.05) is 26.0 Å². The van der Waals surface area contributed by atoms with Crippen LogP contribution in [0.1, 0.15) is 26.3 Å². The molecule has 0 aliphatic heterocycles. The smallest absolute Gasteiger partial charge is 0.162 e. The molecule has 1 rings (SSSR count). The summed E-state index contributed by atoms with van der Waals surface area (Å²) >= 11 is 0. The van der Waals surface area contributed by atoms with Crippen LogP contribution in [0.5, 0.6) is 11.5 Å². The fourth-order valence-corrected chi connectivity index (χ4v) is 1.53. The van der Waals surface area contributed by atoms with Crippen molar-refractivity contribution < 1.29 is 14.9 Å². The maximum atomic E-state index is 10.1. The van der Waals surface area contributed by atoms with Crippen molar-refractivity contribution in [3.05, 3.63) is 23.8 Å². The average Bonchev–Trinajstić information content (AvgIpc) is 2.31. The number of methoxy groups -OCH3 is 1. The highest BCUT2D eigenvalue weighted by atomic mass is 16.5. The van der Waals surface area contributed by atoms with Crippen molar-refractivity contribution in [1.82, 2.24) is 5.32 Å². The van der Waals surface area contributed by atoms with Gasteiger partial charge < -0.3 is 20.3 Å².